The van der Waals surface area contributed by atoms with Crippen LogP contribution < -0.4 is 0 Å². The van der Waals surface area contributed by atoms with Gasteiger partial charge in [0.25, 0.3) is 17.5 Å². The van der Waals surface area contributed by atoms with Crippen molar-refractivity contribution in [1.29, 1.82) is 0 Å². The first-order valence-corrected chi connectivity index (χ1v) is 7.20. The third kappa shape index (κ3) is 5.62. The molecule has 1 radical (unpaired) electrons. The highest BCUT2D eigenvalue weighted by Crippen LogP contribution is 2.17. The normalized spacial score (nSPS) is 23.7. The molecule has 0 aromatic carbocycles. The molecule has 91 valence electrons. The molecule has 0 aliphatic carbocycles. The molecule has 1 saturated heterocycles. The lowest BCUT2D eigenvalue weighted by Gasteiger charge is -2.16. The quantitative estimate of drug-likeness (QED) is 0.384. The van der Waals surface area contributed by atoms with Crippen LogP contribution in [-0.4, -0.2) is 52.8 Å². The average molecular weight is 246 g/mol. The number of nitrogens with zero attached hydrogens (tertiary/aromatic N) is 1. The first-order chi connectivity index (χ1) is 7.51. The van der Waals surface area contributed by atoms with E-state index in [-0.39, 0.29) is 12.5 Å². The van der Waals surface area contributed by atoms with Crippen LogP contribution in [0.4, 0.5) is 0 Å². The molecule has 1 unspecified atom stereocenters. The Hall–Kier alpha value is -0.395. The largest absolute Gasteiger partial charge is 0.340 e. The fraction of sp³-hybridized carbons (Fsp3) is 0.889. The highest BCUT2D eigenvalue weighted by molar-refractivity contribution is 7.85. The van der Waals surface area contributed by atoms with Crippen LogP contribution in [0.2, 0.25) is 0 Å². The van der Waals surface area contributed by atoms with Gasteiger partial charge in [0.1, 0.15) is 0 Å². The molecule has 0 aromatic rings. The standard InChI is InChI=1S/C9H17BNO4S/c1-16(13,14)15-7-9-3-2-5-11(6-4-9)10-8-12/h8-9H,2-7H2,1H3. The molecule has 1 aliphatic heterocycles. The van der Waals surface area contributed by atoms with Crippen molar-refractivity contribution >= 4 is 23.7 Å². The second-order valence-corrected chi connectivity index (χ2v) is 5.75. The van der Waals surface area contributed by atoms with Gasteiger partial charge in [0.15, 0.2) is 0 Å². The predicted molar refractivity (Wildman–Crippen MR) is 62.2 cm³/mol. The minimum Gasteiger partial charge on any atom is -0.340 e. The van der Waals surface area contributed by atoms with E-state index in [2.05, 4.69) is 0 Å². The summed E-state index contributed by atoms with van der Waals surface area (Å²) in [5.41, 5.74) is 0. The van der Waals surface area contributed by atoms with Gasteiger partial charge in [-0.3, -0.25) is 4.18 Å². The number of carbonyl (C=O) groups is 1. The fourth-order valence-corrected chi connectivity index (χ4v) is 2.25. The minimum absolute atomic E-state index is 0.258. The Kier molecular flexibility index (Phi) is 5.44. The molecule has 0 amide bonds. The van der Waals surface area contributed by atoms with Gasteiger partial charge in [-0.2, -0.15) is 8.42 Å². The van der Waals surface area contributed by atoms with Crippen LogP contribution in [0, 0.1) is 5.92 Å². The predicted octanol–water partition coefficient (Wildman–Crippen LogP) is -0.126. The Balaban J connectivity index is 2.32. The second kappa shape index (κ2) is 6.37. The van der Waals surface area contributed by atoms with Gasteiger partial charge in [0.05, 0.1) is 19.0 Å². The van der Waals surface area contributed by atoms with Crippen LogP contribution in [0.15, 0.2) is 0 Å². The maximum Gasteiger partial charge on any atom is 0.293 e. The fourth-order valence-electron chi connectivity index (χ4n) is 1.81. The van der Waals surface area contributed by atoms with Gasteiger partial charge in [-0.15, -0.1) is 0 Å². The first-order valence-electron chi connectivity index (χ1n) is 5.38. The third-order valence-electron chi connectivity index (χ3n) is 2.67. The summed E-state index contributed by atoms with van der Waals surface area (Å²) in [5.74, 6) is 0.264. The lowest BCUT2D eigenvalue weighted by Crippen LogP contribution is -2.30. The topological polar surface area (TPSA) is 63.7 Å². The molecular formula is C9H17BNO4S. The summed E-state index contributed by atoms with van der Waals surface area (Å²) < 4.78 is 26.5. The number of rotatable bonds is 5. The summed E-state index contributed by atoms with van der Waals surface area (Å²) >= 11 is 0. The monoisotopic (exact) mass is 246 g/mol. The van der Waals surface area contributed by atoms with Gasteiger partial charge < -0.3 is 9.61 Å². The van der Waals surface area contributed by atoms with E-state index >= 15 is 0 Å². The average Bonchev–Trinajstić information content (AvgIpc) is 2.40. The third-order valence-corrected chi connectivity index (χ3v) is 3.24. The van der Waals surface area contributed by atoms with E-state index in [9.17, 15) is 13.2 Å². The van der Waals surface area contributed by atoms with Crippen molar-refractivity contribution < 1.29 is 17.4 Å². The van der Waals surface area contributed by atoms with E-state index in [0.717, 1.165) is 44.8 Å². The summed E-state index contributed by atoms with van der Waals surface area (Å²) in [6.07, 6.45) is 4.62. The SMILES string of the molecule is CS(=O)(=O)OCC1CCCN([B]C=O)CC1. The minimum atomic E-state index is -3.34. The molecule has 1 heterocycles. The summed E-state index contributed by atoms with van der Waals surface area (Å²) in [6.45, 7) is 1.90. The number of hydrogen-bond donors (Lipinski definition) is 0. The van der Waals surface area contributed by atoms with Gasteiger partial charge in [-0.1, -0.05) is 0 Å². The van der Waals surface area contributed by atoms with Gasteiger partial charge >= 0.3 is 0 Å². The lowest BCUT2D eigenvalue weighted by atomic mass is 9.94. The highest BCUT2D eigenvalue weighted by Gasteiger charge is 2.18. The van der Waals surface area contributed by atoms with E-state index in [1.165, 1.54) is 0 Å². The van der Waals surface area contributed by atoms with Crippen LogP contribution in [0.1, 0.15) is 19.3 Å². The van der Waals surface area contributed by atoms with Crippen LogP contribution in [0.3, 0.4) is 0 Å². The zero-order chi connectivity index (χ0) is 12.0. The van der Waals surface area contributed by atoms with E-state index in [1.807, 2.05) is 4.81 Å². The molecule has 1 aliphatic rings. The van der Waals surface area contributed by atoms with Crippen molar-refractivity contribution in [3.63, 3.8) is 0 Å². The van der Waals surface area contributed by atoms with Gasteiger partial charge in [-0.25, -0.2) is 0 Å². The zero-order valence-electron chi connectivity index (χ0n) is 9.46. The van der Waals surface area contributed by atoms with Gasteiger partial charge in [-0.05, 0) is 38.3 Å². The van der Waals surface area contributed by atoms with Gasteiger partial charge in [0, 0.05) is 0 Å². The molecule has 0 N–H and O–H groups in total. The van der Waals surface area contributed by atoms with Crippen LogP contribution in [0.25, 0.3) is 0 Å². The maximum absolute atomic E-state index is 10.8. The molecule has 5 nitrogen and oxygen atoms in total. The van der Waals surface area contributed by atoms with Crippen molar-refractivity contribution in [2.45, 2.75) is 19.3 Å². The summed E-state index contributed by atoms with van der Waals surface area (Å²) in [5, 5.41) is 0. The van der Waals surface area contributed by atoms with E-state index in [4.69, 9.17) is 4.18 Å². The Labute approximate surface area is 97.5 Å². The summed E-state index contributed by atoms with van der Waals surface area (Å²) in [6, 6.07) is 0. The van der Waals surface area contributed by atoms with E-state index < -0.39 is 10.1 Å². The molecular weight excluding hydrogens is 229 g/mol. The van der Waals surface area contributed by atoms with Crippen molar-refractivity contribution in [3.05, 3.63) is 0 Å². The lowest BCUT2D eigenvalue weighted by molar-refractivity contribution is 0.242. The molecule has 1 rings (SSSR count). The van der Waals surface area contributed by atoms with E-state index in [0.29, 0.717) is 0 Å². The maximum atomic E-state index is 10.8. The van der Waals surface area contributed by atoms with Crippen molar-refractivity contribution in [2.75, 3.05) is 26.0 Å². The second-order valence-electron chi connectivity index (χ2n) is 4.11. The van der Waals surface area contributed by atoms with Crippen molar-refractivity contribution in [1.82, 2.24) is 4.81 Å². The van der Waals surface area contributed by atoms with Crippen LogP contribution in [-0.2, 0) is 19.1 Å². The molecule has 16 heavy (non-hydrogen) atoms. The highest BCUT2D eigenvalue weighted by atomic mass is 32.2. The Morgan fingerprint density at radius 3 is 2.81 bits per heavy atom. The first kappa shape index (κ1) is 13.7. The molecule has 0 bridgehead atoms. The van der Waals surface area contributed by atoms with Crippen molar-refractivity contribution in [3.8, 4) is 0 Å². The number of carbonyl (C=O) groups excluding carboxylic acids is 1. The molecule has 0 aromatic heterocycles. The van der Waals surface area contributed by atoms with E-state index in [1.54, 1.807) is 7.41 Å². The molecule has 0 spiro atoms. The molecule has 1 atom stereocenters. The zero-order valence-corrected chi connectivity index (χ0v) is 10.3. The summed E-state index contributed by atoms with van der Waals surface area (Å²) in [7, 11) is -1.80. The van der Waals surface area contributed by atoms with Crippen molar-refractivity contribution in [2.24, 2.45) is 5.92 Å². The number of hydrogen-bond acceptors (Lipinski definition) is 5. The Bertz CT molecular complexity index is 319. The van der Waals surface area contributed by atoms with Crippen LogP contribution in [0.5, 0.6) is 0 Å². The smallest absolute Gasteiger partial charge is 0.293 e. The Morgan fingerprint density at radius 1 is 1.44 bits per heavy atom. The molecule has 7 heteroatoms. The van der Waals surface area contributed by atoms with Gasteiger partial charge in [0.2, 0.25) is 0 Å². The van der Waals surface area contributed by atoms with Crippen LogP contribution >= 0.6 is 0 Å². The summed E-state index contributed by atoms with van der Waals surface area (Å²) in [4.78, 5) is 12.3. The molecule has 1 fully saturated rings. The Morgan fingerprint density at radius 2 is 2.19 bits per heavy atom. The molecule has 0 saturated carbocycles.